The van der Waals surface area contributed by atoms with Crippen LogP contribution in [-0.2, 0) is 16.1 Å². The van der Waals surface area contributed by atoms with Crippen molar-refractivity contribution in [3.63, 3.8) is 0 Å². The molecule has 0 atom stereocenters. The van der Waals surface area contributed by atoms with E-state index in [-0.39, 0.29) is 18.4 Å². The van der Waals surface area contributed by atoms with Crippen molar-refractivity contribution in [3.8, 4) is 0 Å². The average molecular weight is 275 g/mol. The van der Waals surface area contributed by atoms with Crippen molar-refractivity contribution in [3.05, 3.63) is 9.47 Å². The number of aromatic nitrogens is 2. The standard InChI is InChI=1S/C9H11ClN4O2S/c1-9(2)7(16)11-5(15)3-14(9)4-6-12-13-8(10)17-6/h3-4H2,1-2H3,(H,11,15,16). The fourth-order valence-corrected chi connectivity index (χ4v) is 2.43. The van der Waals surface area contributed by atoms with Gasteiger partial charge < -0.3 is 0 Å². The molecule has 6 nitrogen and oxygen atoms in total. The van der Waals surface area contributed by atoms with E-state index in [9.17, 15) is 9.59 Å². The van der Waals surface area contributed by atoms with Crippen LogP contribution in [0.5, 0.6) is 0 Å². The molecule has 2 amide bonds. The van der Waals surface area contributed by atoms with Crippen molar-refractivity contribution < 1.29 is 9.59 Å². The molecular formula is C9H11ClN4O2S. The van der Waals surface area contributed by atoms with Crippen LogP contribution in [0.15, 0.2) is 0 Å². The van der Waals surface area contributed by atoms with Crippen LogP contribution in [-0.4, -0.2) is 39.0 Å². The summed E-state index contributed by atoms with van der Waals surface area (Å²) in [6, 6.07) is 0. The van der Waals surface area contributed by atoms with Gasteiger partial charge in [0.05, 0.1) is 18.6 Å². The minimum Gasteiger partial charge on any atom is -0.294 e. The lowest BCUT2D eigenvalue weighted by atomic mass is 9.99. The molecule has 0 unspecified atom stereocenters. The highest BCUT2D eigenvalue weighted by Gasteiger charge is 2.41. The first-order chi connectivity index (χ1) is 7.89. The molecule has 0 bridgehead atoms. The van der Waals surface area contributed by atoms with Crippen molar-refractivity contribution in [1.82, 2.24) is 20.4 Å². The fraction of sp³-hybridized carbons (Fsp3) is 0.556. The highest BCUT2D eigenvalue weighted by atomic mass is 35.5. The summed E-state index contributed by atoms with van der Waals surface area (Å²) in [5, 5.41) is 10.6. The third-order valence-corrected chi connectivity index (χ3v) is 3.71. The maximum absolute atomic E-state index is 11.7. The van der Waals surface area contributed by atoms with Gasteiger partial charge in [-0.25, -0.2) is 0 Å². The van der Waals surface area contributed by atoms with Gasteiger partial charge in [0, 0.05) is 0 Å². The maximum Gasteiger partial charge on any atom is 0.246 e. The minimum absolute atomic E-state index is 0.163. The van der Waals surface area contributed by atoms with Gasteiger partial charge in [0.1, 0.15) is 5.01 Å². The zero-order valence-electron chi connectivity index (χ0n) is 9.36. The van der Waals surface area contributed by atoms with Gasteiger partial charge in [-0.15, -0.1) is 10.2 Å². The molecule has 1 aliphatic rings. The van der Waals surface area contributed by atoms with E-state index in [1.54, 1.807) is 18.7 Å². The molecule has 0 saturated carbocycles. The van der Waals surface area contributed by atoms with Crippen LogP contribution in [0.2, 0.25) is 4.47 Å². The fourth-order valence-electron chi connectivity index (χ4n) is 1.55. The number of amides is 2. The average Bonchev–Trinajstić information content (AvgIpc) is 2.61. The van der Waals surface area contributed by atoms with Gasteiger partial charge >= 0.3 is 0 Å². The van der Waals surface area contributed by atoms with Gasteiger partial charge in [-0.2, -0.15) is 0 Å². The lowest BCUT2D eigenvalue weighted by Crippen LogP contribution is -2.63. The van der Waals surface area contributed by atoms with Gasteiger partial charge in [0.25, 0.3) is 0 Å². The number of piperazine rings is 1. The van der Waals surface area contributed by atoms with E-state index >= 15 is 0 Å². The van der Waals surface area contributed by atoms with E-state index in [1.807, 2.05) is 0 Å². The number of hydrogen-bond acceptors (Lipinski definition) is 6. The van der Waals surface area contributed by atoms with Crippen LogP contribution in [0.4, 0.5) is 0 Å². The van der Waals surface area contributed by atoms with Crippen molar-refractivity contribution in [2.75, 3.05) is 6.54 Å². The Labute approximate surface area is 107 Å². The molecule has 2 rings (SSSR count). The summed E-state index contributed by atoms with van der Waals surface area (Å²) in [5.41, 5.74) is -0.744. The van der Waals surface area contributed by atoms with E-state index in [0.29, 0.717) is 16.0 Å². The number of rotatable bonds is 2. The summed E-state index contributed by atoms with van der Waals surface area (Å²) in [5.74, 6) is -0.603. The van der Waals surface area contributed by atoms with Crippen molar-refractivity contribution >= 4 is 34.8 Å². The molecular weight excluding hydrogens is 264 g/mol. The first-order valence-corrected chi connectivity index (χ1v) is 6.16. The molecule has 8 heteroatoms. The van der Waals surface area contributed by atoms with Crippen LogP contribution in [0.25, 0.3) is 0 Å². The topological polar surface area (TPSA) is 75.2 Å². The van der Waals surface area contributed by atoms with E-state index in [0.717, 1.165) is 0 Å². The second-order valence-electron chi connectivity index (χ2n) is 4.24. The van der Waals surface area contributed by atoms with Gasteiger partial charge in [0.15, 0.2) is 0 Å². The van der Waals surface area contributed by atoms with E-state index in [1.165, 1.54) is 11.3 Å². The summed E-state index contributed by atoms with van der Waals surface area (Å²) < 4.78 is 0.352. The van der Waals surface area contributed by atoms with E-state index in [2.05, 4.69) is 15.5 Å². The molecule has 1 aromatic rings. The summed E-state index contributed by atoms with van der Waals surface area (Å²) in [4.78, 5) is 24.8. The Morgan fingerprint density at radius 1 is 1.47 bits per heavy atom. The maximum atomic E-state index is 11.7. The Morgan fingerprint density at radius 3 is 2.76 bits per heavy atom. The first-order valence-electron chi connectivity index (χ1n) is 4.97. The van der Waals surface area contributed by atoms with Crippen LogP contribution >= 0.6 is 22.9 Å². The van der Waals surface area contributed by atoms with E-state index in [4.69, 9.17) is 11.6 Å². The normalized spacial score (nSPS) is 20.4. The first kappa shape index (κ1) is 12.4. The second-order valence-corrected chi connectivity index (χ2v) is 5.89. The molecule has 1 aromatic heterocycles. The molecule has 1 N–H and O–H groups in total. The van der Waals surface area contributed by atoms with Crippen LogP contribution in [0, 0.1) is 0 Å². The zero-order chi connectivity index (χ0) is 12.6. The third kappa shape index (κ3) is 2.46. The lowest BCUT2D eigenvalue weighted by Gasteiger charge is -2.39. The Balaban J connectivity index is 2.18. The van der Waals surface area contributed by atoms with Gasteiger partial charge in [-0.3, -0.25) is 19.8 Å². The molecule has 1 saturated heterocycles. The van der Waals surface area contributed by atoms with Crippen molar-refractivity contribution in [1.29, 1.82) is 0 Å². The van der Waals surface area contributed by atoms with Crippen LogP contribution in [0.1, 0.15) is 18.9 Å². The number of nitrogens with one attached hydrogen (secondary N) is 1. The molecule has 1 aliphatic heterocycles. The highest BCUT2D eigenvalue weighted by molar-refractivity contribution is 7.15. The molecule has 0 aliphatic carbocycles. The molecule has 2 heterocycles. The minimum atomic E-state index is -0.744. The molecule has 17 heavy (non-hydrogen) atoms. The summed E-state index contributed by atoms with van der Waals surface area (Å²) >= 11 is 6.93. The summed E-state index contributed by atoms with van der Waals surface area (Å²) in [7, 11) is 0. The largest absolute Gasteiger partial charge is 0.294 e. The Bertz CT molecular complexity index is 473. The third-order valence-electron chi connectivity index (χ3n) is 2.70. The van der Waals surface area contributed by atoms with Crippen molar-refractivity contribution in [2.45, 2.75) is 25.9 Å². The van der Waals surface area contributed by atoms with Crippen LogP contribution < -0.4 is 5.32 Å². The number of halogens is 1. The smallest absolute Gasteiger partial charge is 0.246 e. The van der Waals surface area contributed by atoms with Crippen LogP contribution in [0.3, 0.4) is 0 Å². The van der Waals surface area contributed by atoms with Gasteiger partial charge in [0.2, 0.25) is 16.3 Å². The summed E-state index contributed by atoms with van der Waals surface area (Å²) in [6.07, 6.45) is 0. The number of carbonyl (C=O) groups is 2. The predicted octanol–water partition coefficient (Wildman–Crippen LogP) is 0.429. The van der Waals surface area contributed by atoms with Gasteiger partial charge in [-0.1, -0.05) is 11.3 Å². The Morgan fingerprint density at radius 2 is 2.18 bits per heavy atom. The number of carbonyl (C=O) groups excluding carboxylic acids is 2. The van der Waals surface area contributed by atoms with Gasteiger partial charge in [-0.05, 0) is 25.4 Å². The number of nitrogens with zero attached hydrogens (tertiary/aromatic N) is 3. The SMILES string of the molecule is CC1(C)C(=O)NC(=O)CN1Cc1nnc(Cl)s1. The molecule has 0 spiro atoms. The molecule has 1 fully saturated rings. The Hall–Kier alpha value is -1.05. The monoisotopic (exact) mass is 274 g/mol. The summed E-state index contributed by atoms with van der Waals surface area (Å²) in [6.45, 7) is 4.07. The number of imide groups is 1. The zero-order valence-corrected chi connectivity index (χ0v) is 10.9. The number of hydrogen-bond donors (Lipinski definition) is 1. The van der Waals surface area contributed by atoms with Crippen molar-refractivity contribution in [2.24, 2.45) is 0 Å². The second kappa shape index (κ2) is 4.32. The predicted molar refractivity (Wildman–Crippen MR) is 62.6 cm³/mol. The Kier molecular flexibility index (Phi) is 3.15. The lowest BCUT2D eigenvalue weighted by molar-refractivity contribution is -0.145. The molecule has 0 radical (unpaired) electrons. The molecule has 92 valence electrons. The quantitative estimate of drug-likeness (QED) is 0.792. The molecule has 0 aromatic carbocycles. The van der Waals surface area contributed by atoms with E-state index < -0.39 is 5.54 Å². The highest BCUT2D eigenvalue weighted by Crippen LogP contribution is 2.23.